The summed E-state index contributed by atoms with van der Waals surface area (Å²) in [5, 5.41) is 3.36. The molecule has 0 aromatic heterocycles. The third kappa shape index (κ3) is 8.46. The van der Waals surface area contributed by atoms with Crippen molar-refractivity contribution in [1.82, 2.24) is 10.2 Å². The third-order valence-corrected chi connectivity index (χ3v) is 8.91. The first-order chi connectivity index (χ1) is 20.5. The van der Waals surface area contributed by atoms with E-state index >= 15 is 0 Å². The number of aryl methyl sites for hydroxylation is 1. The highest BCUT2D eigenvalue weighted by molar-refractivity contribution is 7.92. The van der Waals surface area contributed by atoms with Crippen molar-refractivity contribution in [2.75, 3.05) is 10.8 Å². The molecule has 9 heteroatoms. The maximum Gasteiger partial charge on any atom is 0.264 e. The van der Waals surface area contributed by atoms with Gasteiger partial charge in [0, 0.05) is 24.0 Å². The van der Waals surface area contributed by atoms with Crippen LogP contribution in [0.1, 0.15) is 30.5 Å². The molecular weight excluding hydrogens is 582 g/mol. The Morgan fingerprint density at radius 1 is 0.814 bits per heavy atom. The Hall–Kier alpha value is -4.14. The van der Waals surface area contributed by atoms with E-state index in [9.17, 15) is 18.0 Å². The fraction of sp³-hybridized carbons (Fsp3) is 0.235. The summed E-state index contributed by atoms with van der Waals surface area (Å²) in [6.45, 7) is 5.18. The van der Waals surface area contributed by atoms with E-state index in [0.29, 0.717) is 10.7 Å². The molecule has 0 heterocycles. The topological polar surface area (TPSA) is 86.8 Å². The Kier molecular flexibility index (Phi) is 10.6. The molecule has 0 spiro atoms. The summed E-state index contributed by atoms with van der Waals surface area (Å²) in [6.07, 6.45) is 0.256. The predicted octanol–water partition coefficient (Wildman–Crippen LogP) is 6.01. The summed E-state index contributed by atoms with van der Waals surface area (Å²) in [4.78, 5) is 29.6. The second kappa shape index (κ2) is 14.4. The van der Waals surface area contributed by atoms with Crippen molar-refractivity contribution in [2.24, 2.45) is 0 Å². The lowest BCUT2D eigenvalue weighted by molar-refractivity contribution is -0.140. The standard InChI is InChI=1S/C34H36ClN3O4S/c1-25(2)36-34(40)32(22-27-12-6-4-7-13-27)37(23-28-14-8-5-9-15-28)33(39)24-38(30-16-10-11-26(3)21-30)43(41,42)31-19-17-29(35)18-20-31/h4-21,25,32H,22-24H2,1-3H3,(H,36,40)/t32-/m0/s1. The van der Waals surface area contributed by atoms with Crippen molar-refractivity contribution in [3.05, 3.63) is 131 Å². The van der Waals surface area contributed by atoms with E-state index in [4.69, 9.17) is 11.6 Å². The molecular formula is C34H36ClN3O4S. The van der Waals surface area contributed by atoms with Crippen molar-refractivity contribution in [3.8, 4) is 0 Å². The number of anilines is 1. The van der Waals surface area contributed by atoms with Crippen LogP contribution in [-0.4, -0.2) is 43.8 Å². The highest BCUT2D eigenvalue weighted by Gasteiger charge is 2.34. The summed E-state index contributed by atoms with van der Waals surface area (Å²) in [5.74, 6) is -0.825. The smallest absolute Gasteiger partial charge is 0.264 e. The SMILES string of the molecule is Cc1cccc(N(CC(=O)N(Cc2ccccc2)[C@@H](Cc2ccccc2)C(=O)NC(C)C)S(=O)(=O)c2ccc(Cl)cc2)c1. The van der Waals surface area contributed by atoms with Crippen LogP contribution in [0.4, 0.5) is 5.69 Å². The lowest BCUT2D eigenvalue weighted by Crippen LogP contribution is -2.54. The van der Waals surface area contributed by atoms with Gasteiger partial charge >= 0.3 is 0 Å². The molecule has 0 fully saturated rings. The molecule has 0 aliphatic heterocycles. The minimum absolute atomic E-state index is 0.000739. The summed E-state index contributed by atoms with van der Waals surface area (Å²) in [6, 6.07) is 30.6. The average molecular weight is 618 g/mol. The number of rotatable bonds is 12. The number of hydrogen-bond acceptors (Lipinski definition) is 4. The normalized spacial score (nSPS) is 12.0. The lowest BCUT2D eigenvalue weighted by Gasteiger charge is -2.34. The molecule has 4 aromatic carbocycles. The van der Waals surface area contributed by atoms with Crippen LogP contribution in [0.3, 0.4) is 0 Å². The Morgan fingerprint density at radius 2 is 1.42 bits per heavy atom. The molecule has 1 N–H and O–H groups in total. The third-order valence-electron chi connectivity index (χ3n) is 6.87. The average Bonchev–Trinajstić information content (AvgIpc) is 2.98. The molecule has 0 saturated carbocycles. The minimum Gasteiger partial charge on any atom is -0.352 e. The molecule has 43 heavy (non-hydrogen) atoms. The second-order valence-corrected chi connectivity index (χ2v) is 13.0. The van der Waals surface area contributed by atoms with E-state index in [1.54, 1.807) is 18.2 Å². The van der Waals surface area contributed by atoms with E-state index in [2.05, 4.69) is 5.32 Å². The summed E-state index contributed by atoms with van der Waals surface area (Å²) in [5.41, 5.74) is 2.87. The van der Waals surface area contributed by atoms with Gasteiger partial charge in [-0.2, -0.15) is 0 Å². The van der Waals surface area contributed by atoms with Gasteiger partial charge in [0.15, 0.2) is 0 Å². The molecule has 0 radical (unpaired) electrons. The number of carbonyl (C=O) groups is 2. The van der Waals surface area contributed by atoms with Crippen LogP contribution in [0.15, 0.2) is 114 Å². The van der Waals surface area contributed by atoms with Crippen LogP contribution in [-0.2, 0) is 32.6 Å². The van der Waals surface area contributed by atoms with Gasteiger partial charge in [0.05, 0.1) is 10.6 Å². The quantitative estimate of drug-likeness (QED) is 0.211. The molecule has 224 valence electrons. The monoisotopic (exact) mass is 617 g/mol. The van der Waals surface area contributed by atoms with Crippen molar-refractivity contribution < 1.29 is 18.0 Å². The van der Waals surface area contributed by atoms with E-state index in [0.717, 1.165) is 21.0 Å². The van der Waals surface area contributed by atoms with Crippen molar-refractivity contribution in [2.45, 2.75) is 50.7 Å². The van der Waals surface area contributed by atoms with Gasteiger partial charge in [-0.3, -0.25) is 13.9 Å². The van der Waals surface area contributed by atoms with Gasteiger partial charge in [-0.05, 0) is 73.9 Å². The molecule has 0 saturated heterocycles. The van der Waals surface area contributed by atoms with Gasteiger partial charge in [0.25, 0.3) is 10.0 Å². The predicted molar refractivity (Wildman–Crippen MR) is 171 cm³/mol. The number of nitrogens with zero attached hydrogens (tertiary/aromatic N) is 2. The van der Waals surface area contributed by atoms with Crippen molar-refractivity contribution in [1.29, 1.82) is 0 Å². The molecule has 0 unspecified atom stereocenters. The summed E-state index contributed by atoms with van der Waals surface area (Å²) >= 11 is 6.04. The summed E-state index contributed by atoms with van der Waals surface area (Å²) < 4.78 is 29.2. The molecule has 4 aromatic rings. The fourth-order valence-electron chi connectivity index (χ4n) is 4.76. The van der Waals surface area contributed by atoms with Gasteiger partial charge in [0.2, 0.25) is 11.8 Å². The number of sulfonamides is 1. The maximum atomic E-state index is 14.4. The van der Waals surface area contributed by atoms with Gasteiger partial charge in [-0.25, -0.2) is 8.42 Å². The van der Waals surface area contributed by atoms with E-state index in [1.165, 1.54) is 29.2 Å². The molecule has 7 nitrogen and oxygen atoms in total. The molecule has 4 rings (SSSR count). The zero-order chi connectivity index (χ0) is 31.0. The molecule has 0 aliphatic carbocycles. The zero-order valence-electron chi connectivity index (χ0n) is 24.5. The van der Waals surface area contributed by atoms with Crippen LogP contribution in [0.25, 0.3) is 0 Å². The highest BCUT2D eigenvalue weighted by Crippen LogP contribution is 2.26. The first-order valence-corrected chi connectivity index (χ1v) is 15.9. The van der Waals surface area contributed by atoms with Gasteiger partial charge in [-0.1, -0.05) is 84.4 Å². The van der Waals surface area contributed by atoms with Gasteiger partial charge in [0.1, 0.15) is 12.6 Å². The number of carbonyl (C=O) groups excluding carboxylic acids is 2. The van der Waals surface area contributed by atoms with Crippen LogP contribution < -0.4 is 9.62 Å². The number of amides is 2. The Labute approximate surface area is 259 Å². The van der Waals surface area contributed by atoms with Gasteiger partial charge < -0.3 is 10.2 Å². The summed E-state index contributed by atoms with van der Waals surface area (Å²) in [7, 11) is -4.19. The van der Waals surface area contributed by atoms with Crippen molar-refractivity contribution in [3.63, 3.8) is 0 Å². The lowest BCUT2D eigenvalue weighted by atomic mass is 10.0. The first-order valence-electron chi connectivity index (χ1n) is 14.1. The Morgan fingerprint density at radius 3 is 2.00 bits per heavy atom. The first kappa shape index (κ1) is 31.8. The Bertz CT molecular complexity index is 1630. The number of nitrogens with one attached hydrogen (secondary N) is 1. The van der Waals surface area contributed by atoms with E-state index in [1.807, 2.05) is 87.5 Å². The van der Waals surface area contributed by atoms with Crippen LogP contribution in [0.5, 0.6) is 0 Å². The molecule has 0 bridgehead atoms. The fourth-order valence-corrected chi connectivity index (χ4v) is 6.29. The highest BCUT2D eigenvalue weighted by atomic mass is 35.5. The number of benzene rings is 4. The minimum atomic E-state index is -4.19. The van der Waals surface area contributed by atoms with E-state index < -0.39 is 28.5 Å². The number of halogens is 1. The zero-order valence-corrected chi connectivity index (χ0v) is 26.1. The van der Waals surface area contributed by atoms with Crippen LogP contribution >= 0.6 is 11.6 Å². The van der Waals surface area contributed by atoms with Crippen LogP contribution in [0.2, 0.25) is 5.02 Å². The van der Waals surface area contributed by atoms with Crippen molar-refractivity contribution >= 4 is 39.1 Å². The largest absolute Gasteiger partial charge is 0.352 e. The number of hydrogen-bond donors (Lipinski definition) is 1. The second-order valence-electron chi connectivity index (χ2n) is 10.7. The molecule has 1 atom stereocenters. The molecule has 0 aliphatic rings. The Balaban J connectivity index is 1.79. The van der Waals surface area contributed by atoms with Crippen LogP contribution in [0, 0.1) is 6.92 Å². The van der Waals surface area contributed by atoms with E-state index in [-0.39, 0.29) is 29.8 Å². The van der Waals surface area contributed by atoms with Gasteiger partial charge in [-0.15, -0.1) is 0 Å². The molecule has 2 amide bonds. The maximum absolute atomic E-state index is 14.4.